The van der Waals surface area contributed by atoms with Gasteiger partial charge in [0.25, 0.3) is 0 Å². The van der Waals surface area contributed by atoms with E-state index < -0.39 is 0 Å². The molecule has 0 aliphatic heterocycles. The summed E-state index contributed by atoms with van der Waals surface area (Å²) < 4.78 is 5.75. The van der Waals surface area contributed by atoms with Crippen LogP contribution in [0, 0.1) is 5.92 Å². The van der Waals surface area contributed by atoms with Crippen LogP contribution in [0.4, 0.5) is 0 Å². The highest BCUT2D eigenvalue weighted by Crippen LogP contribution is 2.20. The third-order valence-corrected chi connectivity index (χ3v) is 10.5. The number of aliphatic hydroxyl groups is 1. The zero-order valence-corrected chi connectivity index (χ0v) is 32.7. The zero-order chi connectivity index (χ0) is 34.5. The van der Waals surface area contributed by atoms with Gasteiger partial charge >= 0.3 is 5.97 Å². The van der Waals surface area contributed by atoms with Crippen molar-refractivity contribution in [2.45, 2.75) is 207 Å². The average molecular weight is 684 g/mol. The smallest absolute Gasteiger partial charge is 0.308 e. The van der Waals surface area contributed by atoms with Crippen molar-refractivity contribution in [3.63, 3.8) is 0 Å². The molecule has 0 heterocycles. The molecule has 0 fully saturated rings. The lowest BCUT2D eigenvalue weighted by Crippen LogP contribution is -2.27. The Morgan fingerprint density at radius 3 is 1.60 bits per heavy atom. The molecule has 0 bridgehead atoms. The van der Waals surface area contributed by atoms with Crippen LogP contribution in [-0.2, 0) is 14.3 Å². The van der Waals surface area contributed by atoms with Gasteiger partial charge in [-0.15, -0.1) is 0 Å². The van der Waals surface area contributed by atoms with E-state index in [2.05, 4.69) is 25.7 Å². The monoisotopic (exact) mass is 684 g/mol. The quantitative estimate of drug-likeness (QED) is 0.0516. The molecule has 1 atom stereocenters. The van der Waals surface area contributed by atoms with Gasteiger partial charge in [0, 0.05) is 18.8 Å². The number of hydrogen-bond acceptors (Lipinski definition) is 6. The standard InChI is InChI=1S/C41H81NO4S/c1-4-7-10-12-16-23-32-40(44)47-38-29-20-14-18-25-34-42(35-26-27-36-43)33-24-17-13-19-28-37-46-41(45)39(30-21-9-6-3)31-22-15-11-8-5-2/h39,43H,4-38H2,1-3H3. The van der Waals surface area contributed by atoms with Gasteiger partial charge in [0.05, 0.1) is 12.5 Å². The Hall–Kier alpha value is -0.590. The summed E-state index contributed by atoms with van der Waals surface area (Å²) in [4.78, 5) is 27.5. The topological polar surface area (TPSA) is 66.8 Å². The first-order valence-corrected chi connectivity index (χ1v) is 21.7. The molecule has 47 heavy (non-hydrogen) atoms. The van der Waals surface area contributed by atoms with Crippen LogP contribution in [0.2, 0.25) is 0 Å². The molecule has 1 unspecified atom stereocenters. The third kappa shape index (κ3) is 33.7. The van der Waals surface area contributed by atoms with Gasteiger partial charge in [-0.2, -0.15) is 0 Å². The van der Waals surface area contributed by atoms with Crippen LogP contribution in [0.3, 0.4) is 0 Å². The van der Waals surface area contributed by atoms with E-state index in [0.29, 0.717) is 11.7 Å². The lowest BCUT2D eigenvalue weighted by Gasteiger charge is -2.22. The lowest BCUT2D eigenvalue weighted by molar-refractivity contribution is -0.149. The fraction of sp³-hybridized carbons (Fsp3) is 0.951. The maximum absolute atomic E-state index is 12.8. The molecule has 0 aromatic heterocycles. The molecule has 0 aromatic carbocycles. The Kier molecular flexibility index (Phi) is 37.7. The van der Waals surface area contributed by atoms with Crippen LogP contribution in [0.25, 0.3) is 0 Å². The Bertz CT molecular complexity index is 661. The molecule has 5 nitrogen and oxygen atoms in total. The SMILES string of the molecule is CCCCCCCCC(=O)SCCCCCCCN(CCCCO)CCCCCCCOC(=O)C(CCCCC)CCCCCCC. The maximum atomic E-state index is 12.8. The van der Waals surface area contributed by atoms with Gasteiger partial charge in [0.2, 0.25) is 0 Å². The first-order valence-electron chi connectivity index (χ1n) is 20.7. The average Bonchev–Trinajstić information content (AvgIpc) is 3.07. The van der Waals surface area contributed by atoms with E-state index in [4.69, 9.17) is 4.74 Å². The Balaban J connectivity index is 3.98. The van der Waals surface area contributed by atoms with Gasteiger partial charge in [-0.25, -0.2) is 0 Å². The minimum absolute atomic E-state index is 0.0582. The van der Waals surface area contributed by atoms with Crippen molar-refractivity contribution in [3.8, 4) is 0 Å². The van der Waals surface area contributed by atoms with E-state index in [-0.39, 0.29) is 18.5 Å². The molecular formula is C41H81NO4S. The van der Waals surface area contributed by atoms with Gasteiger partial charge in [0.15, 0.2) is 5.12 Å². The molecule has 0 amide bonds. The molecule has 280 valence electrons. The van der Waals surface area contributed by atoms with Crippen molar-refractivity contribution in [3.05, 3.63) is 0 Å². The number of unbranched alkanes of at least 4 members (excludes halogenated alkanes) is 20. The fourth-order valence-electron chi connectivity index (χ4n) is 6.33. The van der Waals surface area contributed by atoms with E-state index in [1.807, 2.05) is 0 Å². The van der Waals surface area contributed by atoms with E-state index in [9.17, 15) is 14.7 Å². The molecule has 0 aliphatic carbocycles. The summed E-state index contributed by atoms with van der Waals surface area (Å²) in [5, 5.41) is 9.63. The molecule has 0 aliphatic rings. The van der Waals surface area contributed by atoms with E-state index >= 15 is 0 Å². The molecule has 0 aromatic rings. The van der Waals surface area contributed by atoms with Crippen molar-refractivity contribution in [1.29, 1.82) is 0 Å². The second kappa shape index (κ2) is 38.2. The predicted octanol–water partition coefficient (Wildman–Crippen LogP) is 12.1. The van der Waals surface area contributed by atoms with Gasteiger partial charge in [0.1, 0.15) is 0 Å². The maximum Gasteiger partial charge on any atom is 0.308 e. The Morgan fingerprint density at radius 1 is 0.553 bits per heavy atom. The molecule has 0 saturated heterocycles. The summed E-state index contributed by atoms with van der Waals surface area (Å²) in [6.07, 6.45) is 34.0. The molecule has 1 N–H and O–H groups in total. The summed E-state index contributed by atoms with van der Waals surface area (Å²) >= 11 is 1.56. The zero-order valence-electron chi connectivity index (χ0n) is 31.9. The van der Waals surface area contributed by atoms with Crippen molar-refractivity contribution in [1.82, 2.24) is 4.90 Å². The first kappa shape index (κ1) is 46.4. The number of hydrogen-bond donors (Lipinski definition) is 1. The van der Waals surface area contributed by atoms with Crippen LogP contribution in [-0.4, -0.2) is 59.7 Å². The molecule has 6 heteroatoms. The van der Waals surface area contributed by atoms with Crippen LogP contribution >= 0.6 is 11.8 Å². The predicted molar refractivity (Wildman–Crippen MR) is 206 cm³/mol. The van der Waals surface area contributed by atoms with E-state index in [1.54, 1.807) is 11.8 Å². The molecule has 0 saturated carbocycles. The van der Waals surface area contributed by atoms with Crippen molar-refractivity contribution >= 4 is 22.8 Å². The second-order valence-electron chi connectivity index (χ2n) is 14.1. The van der Waals surface area contributed by atoms with Crippen molar-refractivity contribution < 1.29 is 19.4 Å². The van der Waals surface area contributed by atoms with E-state index in [1.165, 1.54) is 116 Å². The summed E-state index contributed by atoms with van der Waals surface area (Å²) in [5.41, 5.74) is 0. The van der Waals surface area contributed by atoms with Crippen LogP contribution in [0.1, 0.15) is 207 Å². The second-order valence-corrected chi connectivity index (χ2v) is 15.3. The largest absolute Gasteiger partial charge is 0.465 e. The summed E-state index contributed by atoms with van der Waals surface area (Å²) in [7, 11) is 0. The summed E-state index contributed by atoms with van der Waals surface area (Å²) in [6.45, 7) is 11.0. The van der Waals surface area contributed by atoms with Crippen molar-refractivity contribution in [2.24, 2.45) is 5.92 Å². The lowest BCUT2D eigenvalue weighted by atomic mass is 9.94. The van der Waals surface area contributed by atoms with Gasteiger partial charge in [-0.05, 0) is 77.4 Å². The van der Waals surface area contributed by atoms with Gasteiger partial charge < -0.3 is 14.7 Å². The number of ether oxygens (including phenoxy) is 1. The Labute approximate surface area is 297 Å². The van der Waals surface area contributed by atoms with Gasteiger partial charge in [-0.1, -0.05) is 155 Å². The summed E-state index contributed by atoms with van der Waals surface area (Å²) in [5.74, 6) is 1.15. The molecule has 0 spiro atoms. The number of rotatable bonds is 38. The normalized spacial score (nSPS) is 12.2. The number of nitrogens with zero attached hydrogens (tertiary/aromatic N) is 1. The van der Waals surface area contributed by atoms with Gasteiger partial charge in [-0.3, -0.25) is 9.59 Å². The van der Waals surface area contributed by atoms with E-state index in [0.717, 1.165) is 96.0 Å². The number of thioether (sulfide) groups is 1. The highest BCUT2D eigenvalue weighted by molar-refractivity contribution is 8.13. The first-order chi connectivity index (χ1) is 23.1. The van der Waals surface area contributed by atoms with Crippen molar-refractivity contribution in [2.75, 3.05) is 38.6 Å². The highest BCUT2D eigenvalue weighted by atomic mass is 32.2. The van der Waals surface area contributed by atoms with Crippen LogP contribution in [0.15, 0.2) is 0 Å². The summed E-state index contributed by atoms with van der Waals surface area (Å²) in [6, 6.07) is 0. The molecular weight excluding hydrogens is 603 g/mol. The fourth-order valence-corrected chi connectivity index (χ4v) is 7.20. The number of aliphatic hydroxyl groups excluding tert-OH is 1. The third-order valence-electron chi connectivity index (χ3n) is 9.51. The van der Waals surface area contributed by atoms with Crippen LogP contribution in [0.5, 0.6) is 0 Å². The molecule has 0 rings (SSSR count). The minimum atomic E-state index is 0.0582. The Morgan fingerprint density at radius 2 is 1.00 bits per heavy atom. The number of carbonyl (C=O) groups is 2. The highest BCUT2D eigenvalue weighted by Gasteiger charge is 2.19. The number of carbonyl (C=O) groups excluding carboxylic acids is 2. The molecule has 0 radical (unpaired) electrons. The van der Waals surface area contributed by atoms with Crippen LogP contribution < -0.4 is 0 Å². The minimum Gasteiger partial charge on any atom is -0.465 e. The number of esters is 1.